The third kappa shape index (κ3) is 3.27. The summed E-state index contributed by atoms with van der Waals surface area (Å²) in [6, 6.07) is 16.5. The number of hydrogen-bond donors (Lipinski definition) is 1. The Bertz CT molecular complexity index is 1230. The van der Waals surface area contributed by atoms with Crippen LogP contribution >= 0.6 is 23.2 Å². The molecule has 4 rings (SSSR count). The van der Waals surface area contributed by atoms with Gasteiger partial charge in [-0.3, -0.25) is 9.59 Å². The van der Waals surface area contributed by atoms with Crippen molar-refractivity contribution in [1.82, 2.24) is 0 Å². The molecule has 3 aromatic rings. The van der Waals surface area contributed by atoms with Gasteiger partial charge in [-0.1, -0.05) is 41.4 Å². The van der Waals surface area contributed by atoms with E-state index in [1.807, 2.05) is 0 Å². The summed E-state index contributed by atoms with van der Waals surface area (Å²) in [5.74, 6) is -0.851. The molecule has 1 amide bonds. The van der Waals surface area contributed by atoms with E-state index in [4.69, 9.17) is 32.7 Å². The van der Waals surface area contributed by atoms with E-state index < -0.39 is 17.3 Å². The highest BCUT2D eigenvalue weighted by atomic mass is 35.5. The van der Waals surface area contributed by atoms with Crippen molar-refractivity contribution in [3.05, 3.63) is 87.4 Å². The molecule has 0 radical (unpaired) electrons. The molecule has 1 N–H and O–H groups in total. The summed E-state index contributed by atoms with van der Waals surface area (Å²) >= 11 is 12.6. The normalized spacial score (nSPS) is 17.2. The number of anilines is 1. The Morgan fingerprint density at radius 1 is 1.00 bits per heavy atom. The molecule has 3 aromatic carbocycles. The summed E-state index contributed by atoms with van der Waals surface area (Å²) in [7, 11) is 3.06. The number of carboxylic acid groups (broad SMARTS) is 1. The molecule has 0 aliphatic carbocycles. The third-order valence-electron chi connectivity index (χ3n) is 5.64. The lowest BCUT2D eigenvalue weighted by molar-refractivity contribution is -0.146. The highest BCUT2D eigenvalue weighted by molar-refractivity contribution is 6.34. The van der Waals surface area contributed by atoms with Crippen LogP contribution in [0.25, 0.3) is 0 Å². The van der Waals surface area contributed by atoms with E-state index in [-0.39, 0.29) is 22.7 Å². The van der Waals surface area contributed by atoms with Gasteiger partial charge in [-0.2, -0.15) is 0 Å². The molecule has 0 saturated heterocycles. The molecule has 6 nitrogen and oxygen atoms in total. The Balaban J connectivity index is 1.92. The molecule has 1 aliphatic heterocycles. The van der Waals surface area contributed by atoms with Crippen LogP contribution in [-0.2, 0) is 21.5 Å². The number of rotatable bonds is 6. The average molecular weight is 472 g/mol. The van der Waals surface area contributed by atoms with Crippen molar-refractivity contribution in [3.63, 3.8) is 0 Å². The number of ether oxygens (including phenoxy) is 2. The lowest BCUT2D eigenvalue weighted by atomic mass is 9.75. The van der Waals surface area contributed by atoms with E-state index in [1.54, 1.807) is 61.7 Å². The maximum Gasteiger partial charge on any atom is 0.328 e. The van der Waals surface area contributed by atoms with Crippen LogP contribution in [-0.4, -0.2) is 31.2 Å². The van der Waals surface area contributed by atoms with E-state index >= 15 is 0 Å². The number of carbonyl (C=O) groups is 2. The quantitative estimate of drug-likeness (QED) is 0.515. The molecule has 1 heterocycles. The van der Waals surface area contributed by atoms with Gasteiger partial charge in [0.1, 0.15) is 11.5 Å². The lowest BCUT2D eigenvalue weighted by Gasteiger charge is -2.26. The summed E-state index contributed by atoms with van der Waals surface area (Å²) < 4.78 is 10.7. The lowest BCUT2D eigenvalue weighted by Crippen LogP contribution is -2.47. The SMILES string of the molecule is COc1ccc(CN2C(=O)C(C(=O)O)(c3ccccc3Cl)c3cc(Cl)ccc32)c(OC)c1. The van der Waals surface area contributed by atoms with Gasteiger partial charge in [0.05, 0.1) is 20.8 Å². The fourth-order valence-corrected chi connectivity index (χ4v) is 4.58. The molecular formula is C24H19Cl2NO5. The van der Waals surface area contributed by atoms with Crippen molar-refractivity contribution in [3.8, 4) is 11.5 Å². The first-order chi connectivity index (χ1) is 15.3. The first kappa shape index (κ1) is 22.0. The second-order valence-corrected chi connectivity index (χ2v) is 8.11. The fourth-order valence-electron chi connectivity index (χ4n) is 4.13. The minimum Gasteiger partial charge on any atom is -0.497 e. The van der Waals surface area contributed by atoms with Gasteiger partial charge in [0.25, 0.3) is 5.91 Å². The number of hydrogen-bond acceptors (Lipinski definition) is 4. The van der Waals surface area contributed by atoms with Gasteiger partial charge in [-0.15, -0.1) is 0 Å². The second kappa shape index (κ2) is 8.37. The predicted octanol–water partition coefficient (Wildman–Crippen LogP) is 4.93. The number of amides is 1. The van der Waals surface area contributed by atoms with Crippen LogP contribution in [0, 0.1) is 0 Å². The summed E-state index contributed by atoms with van der Waals surface area (Å²) in [5.41, 5.74) is -0.449. The van der Waals surface area contributed by atoms with Gasteiger partial charge >= 0.3 is 5.97 Å². The Hall–Kier alpha value is -3.22. The Labute approximate surface area is 194 Å². The van der Waals surface area contributed by atoms with Gasteiger partial charge < -0.3 is 19.5 Å². The van der Waals surface area contributed by atoms with E-state index in [0.717, 1.165) is 0 Å². The minimum atomic E-state index is -2.03. The number of carbonyl (C=O) groups excluding carboxylic acids is 1. The van der Waals surface area contributed by atoms with Crippen molar-refractivity contribution in [2.75, 3.05) is 19.1 Å². The third-order valence-corrected chi connectivity index (χ3v) is 6.21. The van der Waals surface area contributed by atoms with Crippen molar-refractivity contribution >= 4 is 40.8 Å². The largest absolute Gasteiger partial charge is 0.497 e. The summed E-state index contributed by atoms with van der Waals surface area (Å²) in [6.07, 6.45) is 0. The predicted molar refractivity (Wildman–Crippen MR) is 122 cm³/mol. The molecule has 1 unspecified atom stereocenters. The highest BCUT2D eigenvalue weighted by Crippen LogP contribution is 2.50. The van der Waals surface area contributed by atoms with E-state index in [0.29, 0.717) is 27.8 Å². The van der Waals surface area contributed by atoms with Crippen LogP contribution in [0.15, 0.2) is 60.7 Å². The number of carboxylic acids is 1. The van der Waals surface area contributed by atoms with Gasteiger partial charge in [0, 0.05) is 38.5 Å². The molecule has 0 aromatic heterocycles. The average Bonchev–Trinajstić information content (AvgIpc) is 3.02. The second-order valence-electron chi connectivity index (χ2n) is 7.27. The molecule has 32 heavy (non-hydrogen) atoms. The van der Waals surface area contributed by atoms with Crippen LogP contribution in [0.3, 0.4) is 0 Å². The van der Waals surface area contributed by atoms with Crippen molar-refractivity contribution in [2.24, 2.45) is 0 Å². The standard InChI is InChI=1S/C24H19Cl2NO5/c1-31-16-9-7-14(21(12-16)32-2)13-27-20-10-8-15(25)11-18(20)24(22(27)28,23(29)30)17-5-3-4-6-19(17)26/h3-12H,13H2,1-2H3,(H,29,30). The Kier molecular flexibility index (Phi) is 5.75. The molecule has 1 atom stereocenters. The molecule has 0 fully saturated rings. The zero-order chi connectivity index (χ0) is 23.0. The molecule has 164 valence electrons. The molecule has 0 spiro atoms. The van der Waals surface area contributed by atoms with E-state index in [9.17, 15) is 14.7 Å². The molecular weight excluding hydrogens is 453 g/mol. The molecule has 1 aliphatic rings. The fraction of sp³-hybridized carbons (Fsp3) is 0.167. The van der Waals surface area contributed by atoms with Gasteiger partial charge in [0.2, 0.25) is 0 Å². The number of fused-ring (bicyclic) bond motifs is 1. The van der Waals surface area contributed by atoms with Crippen molar-refractivity contribution in [2.45, 2.75) is 12.0 Å². The summed E-state index contributed by atoms with van der Waals surface area (Å²) in [4.78, 5) is 28.1. The van der Waals surface area contributed by atoms with Gasteiger partial charge in [-0.25, -0.2) is 0 Å². The zero-order valence-corrected chi connectivity index (χ0v) is 18.8. The van der Waals surface area contributed by atoms with Crippen LogP contribution < -0.4 is 14.4 Å². The van der Waals surface area contributed by atoms with Crippen LogP contribution in [0.5, 0.6) is 11.5 Å². The first-order valence-corrected chi connectivity index (χ1v) is 10.4. The minimum absolute atomic E-state index is 0.0834. The number of methoxy groups -OCH3 is 2. The van der Waals surface area contributed by atoms with Crippen LogP contribution in [0.1, 0.15) is 16.7 Å². The Morgan fingerprint density at radius 3 is 2.41 bits per heavy atom. The zero-order valence-electron chi connectivity index (χ0n) is 17.3. The van der Waals surface area contributed by atoms with Crippen LogP contribution in [0.4, 0.5) is 5.69 Å². The Morgan fingerprint density at radius 2 is 1.75 bits per heavy atom. The van der Waals surface area contributed by atoms with Crippen LogP contribution in [0.2, 0.25) is 10.0 Å². The molecule has 0 saturated carbocycles. The van der Waals surface area contributed by atoms with Gasteiger partial charge in [-0.05, 0) is 36.4 Å². The maximum absolute atomic E-state index is 13.9. The van der Waals surface area contributed by atoms with E-state index in [2.05, 4.69) is 0 Å². The topological polar surface area (TPSA) is 76.1 Å². The first-order valence-electron chi connectivity index (χ1n) is 9.65. The summed E-state index contributed by atoms with van der Waals surface area (Å²) in [5, 5.41) is 10.9. The number of aliphatic carboxylic acids is 1. The monoisotopic (exact) mass is 471 g/mol. The summed E-state index contributed by atoms with van der Waals surface area (Å²) in [6.45, 7) is 0.0834. The molecule has 8 heteroatoms. The van der Waals surface area contributed by atoms with E-state index in [1.165, 1.54) is 18.1 Å². The van der Waals surface area contributed by atoms with Gasteiger partial charge in [0.15, 0.2) is 5.41 Å². The number of nitrogens with zero attached hydrogens (tertiary/aromatic N) is 1. The highest BCUT2D eigenvalue weighted by Gasteiger charge is 2.59. The maximum atomic E-state index is 13.9. The smallest absolute Gasteiger partial charge is 0.328 e. The van der Waals surface area contributed by atoms with Crippen molar-refractivity contribution < 1.29 is 24.2 Å². The van der Waals surface area contributed by atoms with Crippen molar-refractivity contribution in [1.29, 1.82) is 0 Å². The molecule has 0 bridgehead atoms. The number of benzene rings is 3. The number of halogens is 2.